The van der Waals surface area contributed by atoms with E-state index in [1.165, 1.54) is 23.9 Å². The lowest BCUT2D eigenvalue weighted by atomic mass is 10.1. The second-order valence-electron chi connectivity index (χ2n) is 7.09. The van der Waals surface area contributed by atoms with Crippen LogP contribution in [0.1, 0.15) is 17.5 Å². The van der Waals surface area contributed by atoms with Crippen molar-refractivity contribution >= 4 is 40.2 Å². The van der Waals surface area contributed by atoms with Crippen LogP contribution in [-0.2, 0) is 22.4 Å². The van der Waals surface area contributed by atoms with E-state index in [1.807, 2.05) is 30.5 Å². The Morgan fingerprint density at radius 3 is 3.00 bits per heavy atom. The number of H-pyrrole nitrogens is 1. The van der Waals surface area contributed by atoms with Crippen molar-refractivity contribution in [1.82, 2.24) is 10.3 Å². The van der Waals surface area contributed by atoms with Gasteiger partial charge in [-0.2, -0.15) is 0 Å². The van der Waals surface area contributed by atoms with Gasteiger partial charge in [-0.05, 0) is 54.7 Å². The van der Waals surface area contributed by atoms with Crippen molar-refractivity contribution < 1.29 is 14.0 Å². The SMILES string of the molecule is O=C(CS[C@H]1CCc2ccccc2NC1=O)NCCc1c[nH]c2ccc(F)cc12. The van der Waals surface area contributed by atoms with Crippen LogP contribution >= 0.6 is 11.8 Å². The predicted molar refractivity (Wildman–Crippen MR) is 115 cm³/mol. The number of thioether (sulfide) groups is 1. The quantitative estimate of drug-likeness (QED) is 0.580. The largest absolute Gasteiger partial charge is 0.361 e. The Morgan fingerprint density at radius 2 is 2.10 bits per heavy atom. The van der Waals surface area contributed by atoms with E-state index in [-0.39, 0.29) is 28.6 Å². The molecule has 0 unspecified atom stereocenters. The smallest absolute Gasteiger partial charge is 0.237 e. The summed E-state index contributed by atoms with van der Waals surface area (Å²) in [4.78, 5) is 27.7. The zero-order chi connectivity index (χ0) is 20.2. The van der Waals surface area contributed by atoms with Gasteiger partial charge in [-0.1, -0.05) is 18.2 Å². The van der Waals surface area contributed by atoms with Gasteiger partial charge in [0.15, 0.2) is 0 Å². The van der Waals surface area contributed by atoms with E-state index in [4.69, 9.17) is 0 Å². The number of rotatable bonds is 6. The number of carbonyl (C=O) groups is 2. The van der Waals surface area contributed by atoms with E-state index in [9.17, 15) is 14.0 Å². The molecule has 1 aliphatic heterocycles. The molecule has 3 N–H and O–H groups in total. The summed E-state index contributed by atoms with van der Waals surface area (Å²) in [7, 11) is 0. The van der Waals surface area contributed by atoms with E-state index in [0.29, 0.717) is 19.4 Å². The first-order valence-electron chi connectivity index (χ1n) is 9.63. The minimum atomic E-state index is -0.275. The van der Waals surface area contributed by atoms with E-state index >= 15 is 0 Å². The second-order valence-corrected chi connectivity index (χ2v) is 8.28. The van der Waals surface area contributed by atoms with Crippen molar-refractivity contribution in [2.24, 2.45) is 0 Å². The van der Waals surface area contributed by atoms with Crippen LogP contribution < -0.4 is 10.6 Å². The molecule has 2 heterocycles. The van der Waals surface area contributed by atoms with Gasteiger partial charge in [-0.3, -0.25) is 9.59 Å². The summed E-state index contributed by atoms with van der Waals surface area (Å²) in [5, 5.41) is 6.43. The Bertz CT molecular complexity index is 1050. The van der Waals surface area contributed by atoms with Crippen molar-refractivity contribution in [3.8, 4) is 0 Å². The van der Waals surface area contributed by atoms with Crippen LogP contribution in [0.2, 0.25) is 0 Å². The van der Waals surface area contributed by atoms with Gasteiger partial charge in [-0.15, -0.1) is 11.8 Å². The molecule has 0 spiro atoms. The molecule has 1 aliphatic rings. The van der Waals surface area contributed by atoms with E-state index < -0.39 is 0 Å². The Kier molecular flexibility index (Phi) is 5.85. The van der Waals surface area contributed by atoms with Crippen molar-refractivity contribution in [3.63, 3.8) is 0 Å². The summed E-state index contributed by atoms with van der Waals surface area (Å²) < 4.78 is 13.5. The summed E-state index contributed by atoms with van der Waals surface area (Å²) in [5.41, 5.74) is 3.83. The topological polar surface area (TPSA) is 74.0 Å². The number of anilines is 1. The molecule has 5 nitrogen and oxygen atoms in total. The number of nitrogens with one attached hydrogen (secondary N) is 3. The van der Waals surface area contributed by atoms with E-state index in [0.717, 1.165) is 34.1 Å². The summed E-state index contributed by atoms with van der Waals surface area (Å²) in [6, 6.07) is 12.4. The number of carbonyl (C=O) groups excluding carboxylic acids is 2. The highest BCUT2D eigenvalue weighted by Gasteiger charge is 2.24. The normalized spacial score (nSPS) is 16.2. The molecule has 1 atom stereocenters. The highest BCUT2D eigenvalue weighted by molar-refractivity contribution is 8.01. The Labute approximate surface area is 172 Å². The fraction of sp³-hybridized carbons (Fsp3) is 0.273. The number of hydrogen-bond donors (Lipinski definition) is 3. The van der Waals surface area contributed by atoms with Crippen LogP contribution in [0.25, 0.3) is 10.9 Å². The third kappa shape index (κ3) is 4.62. The van der Waals surface area contributed by atoms with Crippen molar-refractivity contribution in [2.75, 3.05) is 17.6 Å². The highest BCUT2D eigenvalue weighted by Crippen LogP contribution is 2.27. The third-order valence-corrected chi connectivity index (χ3v) is 6.39. The molecule has 0 radical (unpaired) electrons. The molecule has 2 aromatic carbocycles. The van der Waals surface area contributed by atoms with Crippen LogP contribution in [0.4, 0.5) is 10.1 Å². The molecule has 0 aliphatic carbocycles. The Balaban J connectivity index is 1.25. The van der Waals surface area contributed by atoms with E-state index in [2.05, 4.69) is 15.6 Å². The molecule has 4 rings (SSSR count). The Hall–Kier alpha value is -2.80. The van der Waals surface area contributed by atoms with Gasteiger partial charge in [0, 0.05) is 29.3 Å². The summed E-state index contributed by atoms with van der Waals surface area (Å²) in [5.74, 6) is -0.191. The molecular formula is C22H22FN3O2S. The molecule has 29 heavy (non-hydrogen) atoms. The standard InChI is InChI=1S/C22H22FN3O2S/c23-16-6-7-19-17(11-16)15(12-25-19)9-10-24-21(27)13-29-20-8-5-14-3-1-2-4-18(14)26-22(20)28/h1-4,6-7,11-12,20,25H,5,8-10,13H2,(H,24,27)(H,26,28)/t20-/m0/s1. The molecule has 0 bridgehead atoms. The minimum Gasteiger partial charge on any atom is -0.361 e. The molecule has 3 aromatic rings. The molecular weight excluding hydrogens is 389 g/mol. The average molecular weight is 412 g/mol. The minimum absolute atomic E-state index is 0.0476. The fourth-order valence-electron chi connectivity index (χ4n) is 3.57. The summed E-state index contributed by atoms with van der Waals surface area (Å²) in [6.07, 6.45) is 3.98. The second kappa shape index (κ2) is 8.69. The average Bonchev–Trinajstić information content (AvgIpc) is 3.02. The van der Waals surface area contributed by atoms with Crippen LogP contribution in [0.3, 0.4) is 0 Å². The first kappa shape index (κ1) is 19.5. The van der Waals surface area contributed by atoms with Crippen molar-refractivity contribution in [3.05, 3.63) is 65.6 Å². The monoisotopic (exact) mass is 411 g/mol. The zero-order valence-electron chi connectivity index (χ0n) is 15.8. The van der Waals surface area contributed by atoms with Crippen LogP contribution in [0.15, 0.2) is 48.7 Å². The number of para-hydroxylation sites is 1. The fourth-order valence-corrected chi connectivity index (χ4v) is 4.52. The number of aryl methyl sites for hydroxylation is 1. The lowest BCUT2D eigenvalue weighted by molar-refractivity contribution is -0.118. The Morgan fingerprint density at radius 1 is 1.24 bits per heavy atom. The molecule has 0 fully saturated rings. The maximum atomic E-state index is 13.5. The molecule has 150 valence electrons. The van der Waals surface area contributed by atoms with Gasteiger partial charge in [0.25, 0.3) is 0 Å². The van der Waals surface area contributed by atoms with Crippen LogP contribution in [0.5, 0.6) is 0 Å². The first-order chi connectivity index (χ1) is 14.1. The molecule has 7 heteroatoms. The summed E-state index contributed by atoms with van der Waals surface area (Å²) in [6.45, 7) is 0.463. The lowest BCUT2D eigenvalue weighted by Gasteiger charge is -2.12. The predicted octanol–water partition coefficient (Wildman–Crippen LogP) is 3.65. The highest BCUT2D eigenvalue weighted by atomic mass is 32.2. The van der Waals surface area contributed by atoms with Crippen molar-refractivity contribution in [1.29, 1.82) is 0 Å². The summed E-state index contributed by atoms with van der Waals surface area (Å²) >= 11 is 1.37. The van der Waals surface area contributed by atoms with Crippen LogP contribution in [-0.4, -0.2) is 34.3 Å². The number of aromatic amines is 1. The number of fused-ring (bicyclic) bond motifs is 2. The van der Waals surface area contributed by atoms with Gasteiger partial charge >= 0.3 is 0 Å². The maximum absolute atomic E-state index is 13.5. The first-order valence-corrected chi connectivity index (χ1v) is 10.7. The molecule has 0 saturated heterocycles. The van der Waals surface area contributed by atoms with Gasteiger partial charge in [0.05, 0.1) is 11.0 Å². The maximum Gasteiger partial charge on any atom is 0.237 e. The number of aromatic nitrogens is 1. The molecule has 2 amide bonds. The van der Waals surface area contributed by atoms with Crippen molar-refractivity contribution in [2.45, 2.75) is 24.5 Å². The number of hydrogen-bond acceptors (Lipinski definition) is 3. The molecule has 1 aromatic heterocycles. The van der Waals surface area contributed by atoms with Gasteiger partial charge < -0.3 is 15.6 Å². The molecule has 0 saturated carbocycles. The van der Waals surface area contributed by atoms with E-state index in [1.54, 1.807) is 6.07 Å². The van der Waals surface area contributed by atoms with Crippen LogP contribution in [0, 0.1) is 5.82 Å². The van der Waals surface area contributed by atoms with Gasteiger partial charge in [-0.25, -0.2) is 4.39 Å². The number of amides is 2. The number of halogens is 1. The van der Waals surface area contributed by atoms with Gasteiger partial charge in [0.1, 0.15) is 5.82 Å². The zero-order valence-corrected chi connectivity index (χ0v) is 16.7. The number of benzene rings is 2. The third-order valence-electron chi connectivity index (χ3n) is 5.11. The van der Waals surface area contributed by atoms with Gasteiger partial charge in [0.2, 0.25) is 11.8 Å². The lowest BCUT2D eigenvalue weighted by Crippen LogP contribution is -2.30.